The number of aliphatic hydroxyl groups is 1. The molecule has 2 amide bonds. The van der Waals surface area contributed by atoms with Crippen LogP contribution in [0.15, 0.2) is 0 Å². The van der Waals surface area contributed by atoms with Gasteiger partial charge in [-0.1, -0.05) is 27.7 Å². The van der Waals surface area contributed by atoms with E-state index in [0.717, 1.165) is 0 Å². The second-order valence-corrected chi connectivity index (χ2v) is 6.65. The Morgan fingerprint density at radius 2 is 1.79 bits per heavy atom. The van der Waals surface area contributed by atoms with Gasteiger partial charge in [0.1, 0.15) is 6.04 Å². The van der Waals surface area contributed by atoms with Gasteiger partial charge >= 0.3 is 7.41 Å². The molecule has 0 bridgehead atoms. The average molecular weight is 343 g/mol. The third-order valence-electron chi connectivity index (χ3n) is 3.53. The Balaban J connectivity index is 4.57. The van der Waals surface area contributed by atoms with Crippen LogP contribution in [-0.2, 0) is 14.3 Å². The summed E-state index contributed by atoms with van der Waals surface area (Å²) in [6.45, 7) is 7.49. The van der Waals surface area contributed by atoms with Gasteiger partial charge < -0.3 is 26.1 Å². The zero-order valence-corrected chi connectivity index (χ0v) is 15.2. The van der Waals surface area contributed by atoms with Gasteiger partial charge in [-0.3, -0.25) is 14.4 Å². The minimum Gasteiger partial charge on any atom is -0.475 e. The van der Waals surface area contributed by atoms with Gasteiger partial charge in [0.25, 0.3) is 5.87 Å². The summed E-state index contributed by atoms with van der Waals surface area (Å²) >= 11 is 0. The lowest BCUT2D eigenvalue weighted by atomic mass is 9.92. The Labute approximate surface area is 144 Å². The number of carbonyl (C=O) groups excluding carboxylic acids is 3. The second-order valence-electron chi connectivity index (χ2n) is 6.65. The molecular formula is C15H30BN3O5. The zero-order chi connectivity index (χ0) is 18.9. The van der Waals surface area contributed by atoms with Crippen LogP contribution in [0, 0.1) is 11.8 Å². The fourth-order valence-electron chi connectivity index (χ4n) is 2.15. The molecule has 0 aromatic rings. The fraction of sp³-hybridized carbons (Fsp3) is 0.800. The summed E-state index contributed by atoms with van der Waals surface area (Å²) in [5.41, 5.74) is 5.85. The highest BCUT2D eigenvalue weighted by Crippen LogP contribution is 2.09. The highest BCUT2D eigenvalue weighted by molar-refractivity contribution is 6.71. The van der Waals surface area contributed by atoms with E-state index in [9.17, 15) is 19.5 Å². The lowest BCUT2D eigenvalue weighted by molar-refractivity contribution is -0.130. The summed E-state index contributed by atoms with van der Waals surface area (Å²) < 4.78 is 4.44. The van der Waals surface area contributed by atoms with Crippen LogP contribution in [0.4, 0.5) is 4.79 Å². The van der Waals surface area contributed by atoms with Gasteiger partial charge in [0.15, 0.2) is 0 Å². The number of methoxy groups -OCH3 is 1. The molecule has 3 atom stereocenters. The van der Waals surface area contributed by atoms with Gasteiger partial charge in [0.2, 0.25) is 11.8 Å². The molecule has 0 spiro atoms. The largest absolute Gasteiger partial charge is 0.475 e. The van der Waals surface area contributed by atoms with E-state index in [1.54, 1.807) is 13.8 Å². The van der Waals surface area contributed by atoms with Gasteiger partial charge in [-0.15, -0.1) is 0 Å². The van der Waals surface area contributed by atoms with Crippen molar-refractivity contribution < 1.29 is 24.2 Å². The van der Waals surface area contributed by atoms with Gasteiger partial charge in [-0.2, -0.15) is 0 Å². The predicted molar refractivity (Wildman–Crippen MR) is 92.5 cm³/mol. The third kappa shape index (κ3) is 8.88. The molecule has 0 rings (SSSR count). The molecule has 24 heavy (non-hydrogen) atoms. The Bertz CT molecular complexity index is 431. The molecule has 0 saturated carbocycles. The molecule has 8 nitrogen and oxygen atoms in total. The van der Waals surface area contributed by atoms with Gasteiger partial charge in [-0.25, -0.2) is 0 Å². The Kier molecular flexibility index (Phi) is 10.3. The molecule has 0 radical (unpaired) electrons. The number of amides is 2. The van der Waals surface area contributed by atoms with Crippen molar-refractivity contribution >= 4 is 25.1 Å². The standard InChI is InChI=1S/C15H30BN3O5/c1-8(2)6-10(17)11(20)7-12(21)18-13(9(3)4)14(22)19-16-15(23)24-5/h8-11,13,16,20H,6-7,17H2,1-5H3,(H,18,21)(H,19,22). The van der Waals surface area contributed by atoms with E-state index in [2.05, 4.69) is 15.3 Å². The third-order valence-corrected chi connectivity index (χ3v) is 3.53. The van der Waals surface area contributed by atoms with E-state index in [4.69, 9.17) is 5.73 Å². The minimum absolute atomic E-state index is 0.179. The molecule has 0 saturated heterocycles. The molecular weight excluding hydrogens is 313 g/mol. The summed E-state index contributed by atoms with van der Waals surface area (Å²) in [4.78, 5) is 35.2. The molecule has 0 aromatic heterocycles. The predicted octanol–water partition coefficient (Wildman–Crippen LogP) is -0.514. The van der Waals surface area contributed by atoms with E-state index >= 15 is 0 Å². The van der Waals surface area contributed by atoms with Gasteiger partial charge in [0, 0.05) is 6.04 Å². The minimum atomic E-state index is -0.974. The van der Waals surface area contributed by atoms with Crippen molar-refractivity contribution in [1.29, 1.82) is 0 Å². The van der Waals surface area contributed by atoms with Crippen molar-refractivity contribution in [2.24, 2.45) is 17.6 Å². The van der Waals surface area contributed by atoms with Crippen LogP contribution in [0.25, 0.3) is 0 Å². The number of rotatable bonds is 10. The molecule has 0 aliphatic heterocycles. The summed E-state index contributed by atoms with van der Waals surface area (Å²) in [6, 6.07) is -1.31. The van der Waals surface area contributed by atoms with E-state index in [1.165, 1.54) is 7.11 Å². The number of nitrogens with one attached hydrogen (secondary N) is 2. The number of hydrogen-bond donors (Lipinski definition) is 4. The number of hydrogen-bond acceptors (Lipinski definition) is 6. The molecule has 138 valence electrons. The summed E-state index contributed by atoms with van der Waals surface area (Å²) in [5.74, 6) is -1.40. The number of nitrogens with two attached hydrogens (primary N) is 1. The first-order valence-corrected chi connectivity index (χ1v) is 8.16. The smallest absolute Gasteiger partial charge is 0.370 e. The van der Waals surface area contributed by atoms with Crippen LogP contribution in [0.1, 0.15) is 40.5 Å². The number of aliphatic hydroxyl groups excluding tert-OH is 1. The van der Waals surface area contributed by atoms with Crippen LogP contribution in [0.3, 0.4) is 0 Å². The maximum absolute atomic E-state index is 12.1. The highest BCUT2D eigenvalue weighted by atomic mass is 16.5. The van der Waals surface area contributed by atoms with Crippen molar-refractivity contribution in [1.82, 2.24) is 10.5 Å². The summed E-state index contributed by atoms with van der Waals surface area (Å²) in [5, 5.41) is 15.0. The van der Waals surface area contributed by atoms with Gasteiger partial charge in [0.05, 0.1) is 19.6 Å². The van der Waals surface area contributed by atoms with Crippen LogP contribution in [0.2, 0.25) is 0 Å². The molecule has 0 aliphatic rings. The monoisotopic (exact) mass is 343 g/mol. The maximum atomic E-state index is 12.1. The van der Waals surface area contributed by atoms with E-state index in [0.29, 0.717) is 12.3 Å². The molecule has 9 heteroatoms. The van der Waals surface area contributed by atoms with Crippen molar-refractivity contribution in [3.63, 3.8) is 0 Å². The van der Waals surface area contributed by atoms with Crippen molar-refractivity contribution in [3.05, 3.63) is 0 Å². The maximum Gasteiger partial charge on any atom is 0.370 e. The molecule has 0 heterocycles. The zero-order valence-electron chi connectivity index (χ0n) is 15.2. The molecule has 0 aromatic carbocycles. The molecule has 5 N–H and O–H groups in total. The van der Waals surface area contributed by atoms with Crippen molar-refractivity contribution in [2.75, 3.05) is 7.11 Å². The normalized spacial score (nSPS) is 14.7. The summed E-state index contributed by atoms with van der Waals surface area (Å²) in [7, 11) is 0.953. The van der Waals surface area contributed by atoms with Crippen molar-refractivity contribution in [3.8, 4) is 0 Å². The van der Waals surface area contributed by atoms with Crippen molar-refractivity contribution in [2.45, 2.75) is 58.7 Å². The highest BCUT2D eigenvalue weighted by Gasteiger charge is 2.27. The summed E-state index contributed by atoms with van der Waals surface area (Å²) in [6.07, 6.45) is -0.554. The second kappa shape index (κ2) is 11.0. The first-order chi connectivity index (χ1) is 11.1. The average Bonchev–Trinajstić information content (AvgIpc) is 2.48. The topological polar surface area (TPSA) is 131 Å². The molecule has 3 unspecified atom stereocenters. The number of ether oxygens (including phenoxy) is 1. The fourth-order valence-corrected chi connectivity index (χ4v) is 2.15. The van der Waals surface area contributed by atoms with Crippen LogP contribution in [-0.4, -0.2) is 55.5 Å². The quantitative estimate of drug-likeness (QED) is 0.395. The Morgan fingerprint density at radius 3 is 2.25 bits per heavy atom. The van der Waals surface area contributed by atoms with Crippen LogP contribution in [0.5, 0.6) is 0 Å². The van der Waals surface area contributed by atoms with Crippen LogP contribution >= 0.6 is 0 Å². The Morgan fingerprint density at radius 1 is 1.21 bits per heavy atom. The van der Waals surface area contributed by atoms with E-state index in [-0.39, 0.29) is 19.8 Å². The Hall–Kier alpha value is -1.61. The molecule has 0 aliphatic carbocycles. The molecule has 0 fully saturated rings. The first-order valence-electron chi connectivity index (χ1n) is 8.16. The number of carbonyl (C=O) groups is 3. The SMILES string of the molecule is COC(=O)BNC(=O)C(NC(=O)CC(O)C(N)CC(C)C)C(C)C. The lowest BCUT2D eigenvalue weighted by Gasteiger charge is -2.24. The van der Waals surface area contributed by atoms with Gasteiger partial charge in [-0.05, 0) is 18.3 Å². The lowest BCUT2D eigenvalue weighted by Crippen LogP contribution is -2.52. The van der Waals surface area contributed by atoms with Crippen LogP contribution < -0.4 is 16.3 Å². The van der Waals surface area contributed by atoms with E-state index in [1.807, 2.05) is 13.8 Å². The van der Waals surface area contributed by atoms with E-state index < -0.39 is 35.9 Å². The first kappa shape index (κ1) is 22.4.